The number of aliphatic hydroxyl groups is 1. The van der Waals surface area contributed by atoms with Gasteiger partial charge in [0.05, 0.1) is 32.3 Å². The number of alkyl carbamates (subject to hydrolysis) is 1. The van der Waals surface area contributed by atoms with Gasteiger partial charge in [0.2, 0.25) is 11.8 Å². The number of aliphatic hydroxyl groups excluding tert-OH is 1. The molecule has 0 saturated heterocycles. The van der Waals surface area contributed by atoms with Crippen molar-refractivity contribution in [3.05, 3.63) is 61.2 Å². The molecule has 1 aromatic rings. The largest absolute Gasteiger partial charge is 0.462 e. The number of benzene rings is 1. The van der Waals surface area contributed by atoms with Gasteiger partial charge in [0.1, 0.15) is 19.3 Å². The maximum Gasteiger partial charge on any atom is 0.408 e. The second-order valence-electron chi connectivity index (χ2n) is 7.85. The minimum Gasteiger partial charge on any atom is -0.462 e. The molecule has 0 bridgehead atoms. The summed E-state index contributed by atoms with van der Waals surface area (Å²) in [5.74, 6) is -2.04. The van der Waals surface area contributed by atoms with E-state index in [2.05, 4.69) is 29.1 Å². The van der Waals surface area contributed by atoms with Crippen LogP contribution in [0.25, 0.3) is 0 Å². The Morgan fingerprint density at radius 1 is 0.919 bits per heavy atom. The Bertz CT molecular complexity index is 863. The van der Waals surface area contributed by atoms with Crippen LogP contribution in [0.1, 0.15) is 24.8 Å². The number of carbonyl (C=O) groups is 4. The first kappa shape index (κ1) is 31.3. The first-order valence-electron chi connectivity index (χ1n) is 12.0. The van der Waals surface area contributed by atoms with Gasteiger partial charge in [-0.1, -0.05) is 42.5 Å². The van der Waals surface area contributed by atoms with Crippen LogP contribution in [0.4, 0.5) is 4.79 Å². The lowest BCUT2D eigenvalue weighted by Crippen LogP contribution is -2.42. The number of hydrogen-bond acceptors (Lipinski definition) is 8. The van der Waals surface area contributed by atoms with Crippen molar-refractivity contribution in [1.82, 2.24) is 16.0 Å². The Labute approximate surface area is 217 Å². The van der Waals surface area contributed by atoms with Gasteiger partial charge < -0.3 is 35.3 Å². The van der Waals surface area contributed by atoms with E-state index in [-0.39, 0.29) is 77.2 Å². The zero-order chi connectivity index (χ0) is 27.3. The van der Waals surface area contributed by atoms with E-state index in [0.29, 0.717) is 0 Å². The SMILES string of the molecule is C=CCC(CC(=O)NCCOCCO)C(=O)NCCOC(=O)C(CC=C)NC(=O)OCc1ccccc1. The van der Waals surface area contributed by atoms with Gasteiger partial charge in [0.15, 0.2) is 0 Å². The van der Waals surface area contributed by atoms with Gasteiger partial charge in [-0.05, 0) is 18.4 Å². The molecule has 0 saturated carbocycles. The van der Waals surface area contributed by atoms with Crippen molar-refractivity contribution in [2.75, 3.05) is 39.5 Å². The van der Waals surface area contributed by atoms with Gasteiger partial charge in [-0.2, -0.15) is 0 Å². The van der Waals surface area contributed by atoms with Crippen molar-refractivity contribution < 1.29 is 38.5 Å². The number of allylic oxidation sites excluding steroid dienone is 1. The Morgan fingerprint density at radius 2 is 1.62 bits per heavy atom. The fourth-order valence-electron chi connectivity index (χ4n) is 3.07. The Balaban J connectivity index is 2.39. The van der Waals surface area contributed by atoms with Crippen LogP contribution >= 0.6 is 0 Å². The number of amides is 3. The number of rotatable bonds is 19. The first-order valence-corrected chi connectivity index (χ1v) is 12.0. The third-order valence-electron chi connectivity index (χ3n) is 4.90. The summed E-state index contributed by atoms with van der Waals surface area (Å²) in [6.07, 6.45) is 2.61. The van der Waals surface area contributed by atoms with Crippen molar-refractivity contribution in [2.45, 2.75) is 31.9 Å². The quantitative estimate of drug-likeness (QED) is 0.121. The highest BCUT2D eigenvalue weighted by molar-refractivity contribution is 5.86. The highest BCUT2D eigenvalue weighted by Gasteiger charge is 2.23. The number of ether oxygens (including phenoxy) is 3. The van der Waals surface area contributed by atoms with E-state index in [1.54, 1.807) is 18.2 Å². The van der Waals surface area contributed by atoms with Crippen molar-refractivity contribution in [3.8, 4) is 0 Å². The average Bonchev–Trinajstić information content (AvgIpc) is 2.89. The average molecular weight is 520 g/mol. The molecular formula is C26H37N3O8. The molecule has 0 aliphatic heterocycles. The van der Waals surface area contributed by atoms with Gasteiger partial charge >= 0.3 is 12.1 Å². The molecule has 0 aromatic heterocycles. The molecular weight excluding hydrogens is 482 g/mol. The summed E-state index contributed by atoms with van der Waals surface area (Å²) in [6.45, 7) is 7.74. The lowest BCUT2D eigenvalue weighted by molar-refractivity contribution is -0.146. The third kappa shape index (κ3) is 14.5. The summed E-state index contributed by atoms with van der Waals surface area (Å²) in [4.78, 5) is 49.0. The highest BCUT2D eigenvalue weighted by Crippen LogP contribution is 2.09. The lowest BCUT2D eigenvalue weighted by atomic mass is 10.00. The first-order chi connectivity index (χ1) is 17.9. The molecule has 3 amide bonds. The van der Waals surface area contributed by atoms with E-state index in [9.17, 15) is 19.2 Å². The zero-order valence-corrected chi connectivity index (χ0v) is 21.0. The molecule has 1 aromatic carbocycles. The molecule has 37 heavy (non-hydrogen) atoms. The van der Waals surface area contributed by atoms with Crippen LogP contribution in [-0.2, 0) is 35.2 Å². The summed E-state index contributed by atoms with van der Waals surface area (Å²) in [7, 11) is 0. The van der Waals surface area contributed by atoms with Crippen LogP contribution < -0.4 is 16.0 Å². The fraction of sp³-hybridized carbons (Fsp3) is 0.462. The lowest BCUT2D eigenvalue weighted by Gasteiger charge is -2.17. The van der Waals surface area contributed by atoms with Crippen molar-refractivity contribution >= 4 is 23.9 Å². The van der Waals surface area contributed by atoms with Crippen molar-refractivity contribution in [1.29, 1.82) is 0 Å². The summed E-state index contributed by atoms with van der Waals surface area (Å²) >= 11 is 0. The second-order valence-corrected chi connectivity index (χ2v) is 7.85. The molecule has 0 heterocycles. The Morgan fingerprint density at radius 3 is 2.30 bits per heavy atom. The van der Waals surface area contributed by atoms with Crippen LogP contribution in [-0.4, -0.2) is 74.5 Å². The van der Waals surface area contributed by atoms with Gasteiger partial charge in [-0.25, -0.2) is 9.59 Å². The number of hydrogen-bond donors (Lipinski definition) is 4. The fourth-order valence-corrected chi connectivity index (χ4v) is 3.07. The van der Waals surface area contributed by atoms with Gasteiger partial charge in [-0.15, -0.1) is 13.2 Å². The Kier molecular flexibility index (Phi) is 16.5. The van der Waals surface area contributed by atoms with E-state index in [1.165, 1.54) is 6.08 Å². The van der Waals surface area contributed by atoms with Crippen LogP contribution in [0, 0.1) is 5.92 Å². The van der Waals surface area contributed by atoms with Crippen LogP contribution in [0.15, 0.2) is 55.6 Å². The van der Waals surface area contributed by atoms with Crippen LogP contribution in [0.3, 0.4) is 0 Å². The second kappa shape index (κ2) is 19.5. The molecule has 0 aliphatic rings. The molecule has 11 nitrogen and oxygen atoms in total. The minimum absolute atomic E-state index is 0.0219. The van der Waals surface area contributed by atoms with Gasteiger partial charge in [0, 0.05) is 13.0 Å². The summed E-state index contributed by atoms with van der Waals surface area (Å²) in [5, 5.41) is 16.4. The molecule has 204 valence electrons. The Hall–Kier alpha value is -3.70. The number of nitrogens with one attached hydrogen (secondary N) is 3. The van der Waals surface area contributed by atoms with E-state index in [1.807, 2.05) is 18.2 Å². The highest BCUT2D eigenvalue weighted by atomic mass is 16.6. The van der Waals surface area contributed by atoms with Gasteiger partial charge in [-0.3, -0.25) is 9.59 Å². The smallest absolute Gasteiger partial charge is 0.408 e. The predicted octanol–water partition coefficient (Wildman–Crippen LogP) is 1.22. The van der Waals surface area contributed by atoms with Crippen LogP contribution in [0.5, 0.6) is 0 Å². The number of esters is 1. The molecule has 4 N–H and O–H groups in total. The topological polar surface area (TPSA) is 152 Å². The van der Waals surface area contributed by atoms with E-state index in [4.69, 9.17) is 19.3 Å². The third-order valence-corrected chi connectivity index (χ3v) is 4.90. The van der Waals surface area contributed by atoms with Crippen molar-refractivity contribution in [2.24, 2.45) is 5.92 Å². The van der Waals surface area contributed by atoms with E-state index in [0.717, 1.165) is 5.56 Å². The standard InChI is InChI=1S/C26H37N3O8/c1-3-8-21(18-23(31)27-12-15-35-17-14-30)24(32)28-13-16-36-25(33)22(9-4-2)29-26(34)37-19-20-10-6-5-7-11-20/h3-7,10-11,21-22,30H,1-2,8-9,12-19H2,(H,27,31)(H,28,32)(H,29,34). The zero-order valence-electron chi connectivity index (χ0n) is 21.0. The molecule has 2 atom stereocenters. The number of carbonyl (C=O) groups excluding carboxylic acids is 4. The molecule has 2 unspecified atom stereocenters. The molecule has 1 rings (SSSR count). The molecule has 0 aliphatic carbocycles. The van der Waals surface area contributed by atoms with E-state index < -0.39 is 24.0 Å². The molecule has 0 fully saturated rings. The maximum absolute atomic E-state index is 12.5. The molecule has 11 heteroatoms. The summed E-state index contributed by atoms with van der Waals surface area (Å²) in [6, 6.07) is 8.10. The van der Waals surface area contributed by atoms with Crippen molar-refractivity contribution in [3.63, 3.8) is 0 Å². The monoisotopic (exact) mass is 519 g/mol. The summed E-state index contributed by atoms with van der Waals surface area (Å²) < 4.78 is 15.4. The predicted molar refractivity (Wildman–Crippen MR) is 136 cm³/mol. The van der Waals surface area contributed by atoms with Crippen LogP contribution in [0.2, 0.25) is 0 Å². The van der Waals surface area contributed by atoms with E-state index >= 15 is 0 Å². The maximum atomic E-state index is 12.5. The minimum atomic E-state index is -0.991. The summed E-state index contributed by atoms with van der Waals surface area (Å²) in [5.41, 5.74) is 0.801. The normalized spacial score (nSPS) is 11.9. The molecule has 0 spiro atoms. The van der Waals surface area contributed by atoms with Gasteiger partial charge in [0.25, 0.3) is 0 Å². The molecule has 0 radical (unpaired) electrons.